The summed E-state index contributed by atoms with van der Waals surface area (Å²) < 4.78 is 0. The van der Waals surface area contributed by atoms with Crippen molar-refractivity contribution in [2.24, 2.45) is 4.99 Å². The number of hydrogen-bond donors (Lipinski definition) is 1. The van der Waals surface area contributed by atoms with Crippen LogP contribution in [-0.4, -0.2) is 19.2 Å². The molecule has 3 heteroatoms. The maximum Gasteiger partial charge on any atom is 0.226 e. The molecule has 0 unspecified atom stereocenters. The van der Waals surface area contributed by atoms with E-state index in [9.17, 15) is 4.79 Å². The molecule has 1 aliphatic rings. The first-order valence-electron chi connectivity index (χ1n) is 3.36. The third-order valence-electron chi connectivity index (χ3n) is 1.61. The van der Waals surface area contributed by atoms with E-state index in [2.05, 4.69) is 23.6 Å². The zero-order chi connectivity index (χ0) is 8.27. The Labute approximate surface area is 65.5 Å². The molecule has 0 aromatic heterocycles. The molecule has 1 rings (SSSR count). The summed E-state index contributed by atoms with van der Waals surface area (Å²) in [6.07, 6.45) is 2.02. The van der Waals surface area contributed by atoms with Crippen LogP contribution in [0.25, 0.3) is 0 Å². The molecular weight excluding hydrogens is 140 g/mol. The number of nitrogens with zero attached hydrogens (tertiary/aromatic N) is 1. The Morgan fingerprint density at radius 1 is 1.64 bits per heavy atom. The van der Waals surface area contributed by atoms with Gasteiger partial charge in [0.25, 0.3) is 0 Å². The van der Waals surface area contributed by atoms with Crippen molar-refractivity contribution in [1.29, 1.82) is 0 Å². The number of aliphatic imine (C=N–C) groups is 1. The fourth-order valence-electron chi connectivity index (χ4n) is 0.971. The summed E-state index contributed by atoms with van der Waals surface area (Å²) in [7, 11) is 0. The average molecular weight is 150 g/mol. The molecule has 0 atom stereocenters. The Morgan fingerprint density at radius 2 is 2.36 bits per heavy atom. The highest BCUT2D eigenvalue weighted by atomic mass is 16.1. The summed E-state index contributed by atoms with van der Waals surface area (Å²) in [5.41, 5.74) is 1.70. The number of carbonyl (C=O) groups is 1. The summed E-state index contributed by atoms with van der Waals surface area (Å²) >= 11 is 0. The minimum absolute atomic E-state index is 0.00185. The van der Waals surface area contributed by atoms with Gasteiger partial charge in [-0.3, -0.25) is 9.79 Å². The Morgan fingerprint density at radius 3 is 2.91 bits per heavy atom. The molecule has 11 heavy (non-hydrogen) atoms. The first kappa shape index (κ1) is 7.72. The molecule has 1 N–H and O–H groups in total. The topological polar surface area (TPSA) is 41.5 Å². The van der Waals surface area contributed by atoms with Crippen LogP contribution in [0.5, 0.6) is 0 Å². The first-order valence-corrected chi connectivity index (χ1v) is 3.36. The summed E-state index contributed by atoms with van der Waals surface area (Å²) in [6, 6.07) is 0. The molecule has 0 aliphatic carbocycles. The summed E-state index contributed by atoms with van der Waals surface area (Å²) in [4.78, 5) is 14.6. The van der Waals surface area contributed by atoms with Crippen LogP contribution in [0.15, 0.2) is 28.9 Å². The van der Waals surface area contributed by atoms with E-state index < -0.39 is 0 Å². The normalized spacial score (nSPS) is 17.6. The highest BCUT2D eigenvalue weighted by molar-refractivity contribution is 5.81. The van der Waals surface area contributed by atoms with Gasteiger partial charge in [-0.15, -0.1) is 0 Å². The van der Waals surface area contributed by atoms with Gasteiger partial charge < -0.3 is 5.32 Å². The standard InChI is InChI=1S/C8H10N2O/c1-3-6-5-10-8(11)4-7(6)9-2/h3H,1-2,4-5H2,(H,10,11). The zero-order valence-electron chi connectivity index (χ0n) is 6.26. The lowest BCUT2D eigenvalue weighted by Gasteiger charge is -2.14. The predicted molar refractivity (Wildman–Crippen MR) is 44.4 cm³/mol. The van der Waals surface area contributed by atoms with Crippen LogP contribution >= 0.6 is 0 Å². The van der Waals surface area contributed by atoms with Gasteiger partial charge in [-0.2, -0.15) is 0 Å². The van der Waals surface area contributed by atoms with Crippen LogP contribution in [-0.2, 0) is 4.79 Å². The van der Waals surface area contributed by atoms with E-state index in [-0.39, 0.29) is 5.91 Å². The summed E-state index contributed by atoms with van der Waals surface area (Å²) in [6.45, 7) is 7.52. The van der Waals surface area contributed by atoms with E-state index in [1.807, 2.05) is 0 Å². The van der Waals surface area contributed by atoms with Gasteiger partial charge in [0.2, 0.25) is 5.91 Å². The van der Waals surface area contributed by atoms with Crippen molar-refractivity contribution in [3.63, 3.8) is 0 Å². The minimum atomic E-state index is -0.00185. The molecular formula is C8H10N2O. The SMILES string of the molecule is C=CC1=C(N=C)CC(=O)NC1. The Balaban J connectivity index is 2.91. The second-order valence-electron chi connectivity index (χ2n) is 2.29. The van der Waals surface area contributed by atoms with Gasteiger partial charge >= 0.3 is 0 Å². The Kier molecular flexibility index (Phi) is 2.21. The molecule has 0 spiro atoms. The molecule has 1 amide bonds. The van der Waals surface area contributed by atoms with E-state index in [4.69, 9.17) is 0 Å². The van der Waals surface area contributed by atoms with Gasteiger partial charge in [0.1, 0.15) is 0 Å². The van der Waals surface area contributed by atoms with Gasteiger partial charge in [-0.1, -0.05) is 12.7 Å². The van der Waals surface area contributed by atoms with E-state index in [0.717, 1.165) is 11.3 Å². The Hall–Kier alpha value is -1.38. The molecule has 0 saturated carbocycles. The molecule has 0 radical (unpaired) electrons. The number of carbonyl (C=O) groups excluding carboxylic acids is 1. The minimum Gasteiger partial charge on any atom is -0.352 e. The smallest absolute Gasteiger partial charge is 0.226 e. The molecule has 3 nitrogen and oxygen atoms in total. The van der Waals surface area contributed by atoms with Crippen molar-refractivity contribution >= 4 is 12.6 Å². The van der Waals surface area contributed by atoms with E-state index in [0.29, 0.717) is 13.0 Å². The quantitative estimate of drug-likeness (QED) is 0.577. The highest BCUT2D eigenvalue weighted by Crippen LogP contribution is 2.14. The van der Waals surface area contributed by atoms with Crippen LogP contribution in [0, 0.1) is 0 Å². The monoisotopic (exact) mass is 150 g/mol. The lowest BCUT2D eigenvalue weighted by atomic mass is 10.1. The third-order valence-corrected chi connectivity index (χ3v) is 1.61. The maximum atomic E-state index is 10.8. The summed E-state index contributed by atoms with van der Waals surface area (Å²) in [5.74, 6) is -0.00185. The van der Waals surface area contributed by atoms with Gasteiger partial charge in [0.05, 0.1) is 12.1 Å². The molecule has 0 aromatic rings. The lowest BCUT2D eigenvalue weighted by molar-refractivity contribution is -0.120. The Bertz CT molecular complexity index is 240. The molecule has 58 valence electrons. The largest absolute Gasteiger partial charge is 0.352 e. The molecule has 1 heterocycles. The number of amides is 1. The van der Waals surface area contributed by atoms with Crippen molar-refractivity contribution in [3.8, 4) is 0 Å². The van der Waals surface area contributed by atoms with E-state index in [1.54, 1.807) is 6.08 Å². The lowest BCUT2D eigenvalue weighted by Crippen LogP contribution is -2.30. The molecule has 0 fully saturated rings. The van der Waals surface area contributed by atoms with Crippen molar-refractivity contribution < 1.29 is 4.79 Å². The van der Waals surface area contributed by atoms with Gasteiger partial charge in [-0.25, -0.2) is 0 Å². The van der Waals surface area contributed by atoms with Crippen LogP contribution in [0.4, 0.5) is 0 Å². The second-order valence-corrected chi connectivity index (χ2v) is 2.29. The third kappa shape index (κ3) is 1.55. The summed E-state index contributed by atoms with van der Waals surface area (Å²) in [5, 5.41) is 2.69. The van der Waals surface area contributed by atoms with Crippen molar-refractivity contribution in [2.45, 2.75) is 6.42 Å². The number of hydrogen-bond acceptors (Lipinski definition) is 2. The first-order chi connectivity index (χ1) is 5.27. The fraction of sp³-hybridized carbons (Fsp3) is 0.250. The highest BCUT2D eigenvalue weighted by Gasteiger charge is 2.13. The fourth-order valence-corrected chi connectivity index (χ4v) is 0.971. The van der Waals surface area contributed by atoms with E-state index >= 15 is 0 Å². The molecule has 0 saturated heterocycles. The maximum absolute atomic E-state index is 10.8. The molecule has 0 aromatic carbocycles. The van der Waals surface area contributed by atoms with Crippen LogP contribution in [0.2, 0.25) is 0 Å². The van der Waals surface area contributed by atoms with Gasteiger partial charge in [0.15, 0.2) is 0 Å². The van der Waals surface area contributed by atoms with Gasteiger partial charge in [-0.05, 0) is 12.3 Å². The van der Waals surface area contributed by atoms with E-state index in [1.165, 1.54) is 0 Å². The number of nitrogens with one attached hydrogen (secondary N) is 1. The van der Waals surface area contributed by atoms with Crippen molar-refractivity contribution in [3.05, 3.63) is 23.9 Å². The van der Waals surface area contributed by atoms with Crippen LogP contribution in [0.1, 0.15) is 6.42 Å². The van der Waals surface area contributed by atoms with Crippen molar-refractivity contribution in [1.82, 2.24) is 5.32 Å². The second kappa shape index (κ2) is 3.14. The van der Waals surface area contributed by atoms with Gasteiger partial charge in [0, 0.05) is 6.54 Å². The predicted octanol–water partition coefficient (Wildman–Crippen LogP) is 0.647. The average Bonchev–Trinajstić information content (AvgIpc) is 2.04. The molecule has 1 aliphatic heterocycles. The molecule has 0 bridgehead atoms. The van der Waals surface area contributed by atoms with Crippen LogP contribution < -0.4 is 5.32 Å². The van der Waals surface area contributed by atoms with Crippen LogP contribution in [0.3, 0.4) is 0 Å². The number of rotatable bonds is 2. The van der Waals surface area contributed by atoms with Crippen molar-refractivity contribution in [2.75, 3.05) is 6.54 Å². The zero-order valence-corrected chi connectivity index (χ0v) is 6.26.